The summed E-state index contributed by atoms with van der Waals surface area (Å²) in [5.74, 6) is 1.88. The summed E-state index contributed by atoms with van der Waals surface area (Å²) >= 11 is 0. The van der Waals surface area contributed by atoms with E-state index in [2.05, 4.69) is 140 Å². The van der Waals surface area contributed by atoms with Crippen molar-refractivity contribution >= 4 is 54.3 Å². The zero-order valence-electron chi connectivity index (χ0n) is 29.6. The zero-order valence-corrected chi connectivity index (χ0v) is 29.6. The Kier molecular flexibility index (Phi) is 7.14. The lowest BCUT2D eigenvalue weighted by Crippen LogP contribution is -2.00. The SMILES string of the molecule is c1ccc(-c2nc(-c3ccc(-c4ccc5c6ccccc6c6ccccc6c5c4)cc3)nc(-c3ccc(-c4cccc5c4oc4ccccc45)cc3)n2)cc1. The molecule has 4 nitrogen and oxygen atoms in total. The molecule has 11 aromatic rings. The van der Waals surface area contributed by atoms with Gasteiger partial charge in [-0.2, -0.15) is 0 Å². The molecule has 256 valence electrons. The topological polar surface area (TPSA) is 51.8 Å². The summed E-state index contributed by atoms with van der Waals surface area (Å²) < 4.78 is 6.34. The van der Waals surface area contributed by atoms with Crippen molar-refractivity contribution in [1.82, 2.24) is 15.0 Å². The molecule has 55 heavy (non-hydrogen) atoms. The molecule has 0 unspecified atom stereocenters. The molecule has 0 bridgehead atoms. The van der Waals surface area contributed by atoms with Crippen LogP contribution in [0.4, 0.5) is 0 Å². The molecule has 0 aliphatic heterocycles. The smallest absolute Gasteiger partial charge is 0.164 e. The molecule has 0 radical (unpaired) electrons. The molecular formula is C51H31N3O. The largest absolute Gasteiger partial charge is 0.455 e. The third-order valence-electron chi connectivity index (χ3n) is 10.7. The maximum absolute atomic E-state index is 6.34. The highest BCUT2D eigenvalue weighted by atomic mass is 16.3. The molecule has 0 saturated carbocycles. The Morgan fingerprint density at radius 2 is 0.709 bits per heavy atom. The maximum atomic E-state index is 6.34. The Hall–Kier alpha value is -7.43. The van der Waals surface area contributed by atoms with E-state index in [1.807, 2.05) is 48.5 Å². The molecule has 2 aromatic heterocycles. The van der Waals surface area contributed by atoms with Gasteiger partial charge in [-0.1, -0.05) is 176 Å². The third-order valence-corrected chi connectivity index (χ3v) is 10.7. The van der Waals surface area contributed by atoms with Crippen molar-refractivity contribution in [2.24, 2.45) is 0 Å². The molecule has 0 N–H and O–H groups in total. The van der Waals surface area contributed by atoms with E-state index in [1.54, 1.807) is 0 Å². The first-order chi connectivity index (χ1) is 27.2. The van der Waals surface area contributed by atoms with Crippen LogP contribution in [0.25, 0.3) is 111 Å². The Bertz CT molecular complexity index is 3200. The Morgan fingerprint density at radius 1 is 0.273 bits per heavy atom. The van der Waals surface area contributed by atoms with E-state index < -0.39 is 0 Å². The van der Waals surface area contributed by atoms with Crippen LogP contribution in [-0.2, 0) is 0 Å². The molecule has 4 heteroatoms. The van der Waals surface area contributed by atoms with Crippen molar-refractivity contribution in [2.45, 2.75) is 0 Å². The van der Waals surface area contributed by atoms with Gasteiger partial charge in [-0.15, -0.1) is 0 Å². The van der Waals surface area contributed by atoms with Crippen molar-refractivity contribution in [3.8, 4) is 56.4 Å². The summed E-state index contributed by atoms with van der Waals surface area (Å²) in [7, 11) is 0. The third kappa shape index (κ3) is 5.26. The number of aromatic nitrogens is 3. The Balaban J connectivity index is 0.975. The highest BCUT2D eigenvalue weighted by Gasteiger charge is 2.16. The van der Waals surface area contributed by atoms with E-state index in [4.69, 9.17) is 19.4 Å². The summed E-state index contributed by atoms with van der Waals surface area (Å²) in [6, 6.07) is 65.8. The predicted molar refractivity (Wildman–Crippen MR) is 227 cm³/mol. The molecule has 11 rings (SSSR count). The lowest BCUT2D eigenvalue weighted by molar-refractivity contribution is 0.670. The van der Waals surface area contributed by atoms with Crippen molar-refractivity contribution in [3.05, 3.63) is 188 Å². The predicted octanol–water partition coefficient (Wildman–Crippen LogP) is 13.6. The van der Waals surface area contributed by atoms with Crippen LogP contribution in [0.2, 0.25) is 0 Å². The van der Waals surface area contributed by atoms with Gasteiger partial charge in [0.15, 0.2) is 17.5 Å². The maximum Gasteiger partial charge on any atom is 0.164 e. The van der Waals surface area contributed by atoms with Gasteiger partial charge in [0.2, 0.25) is 0 Å². The summed E-state index contributed by atoms with van der Waals surface area (Å²) in [4.78, 5) is 15.0. The van der Waals surface area contributed by atoms with Crippen molar-refractivity contribution < 1.29 is 4.42 Å². The van der Waals surface area contributed by atoms with Crippen LogP contribution in [0.5, 0.6) is 0 Å². The second kappa shape index (κ2) is 12.6. The number of hydrogen-bond donors (Lipinski definition) is 0. The van der Waals surface area contributed by atoms with Crippen LogP contribution in [0.3, 0.4) is 0 Å². The minimum atomic E-state index is 0.620. The standard InChI is InChI=1S/C51H31N3O/c1-2-11-34(12-3-1)49-52-50(54-51(53-49)36-27-23-33(24-28-36)38-18-10-19-45-44-17-8-9-20-47(44)55-48(38)45)35-25-21-32(22-26-35)37-29-30-43-41-15-5-4-13-39(41)40-14-6-7-16-42(40)46(43)31-37/h1-31H. The van der Waals surface area contributed by atoms with E-state index in [0.29, 0.717) is 17.5 Å². The lowest BCUT2D eigenvalue weighted by Gasteiger charge is -2.12. The minimum absolute atomic E-state index is 0.620. The summed E-state index contributed by atoms with van der Waals surface area (Å²) in [5.41, 5.74) is 8.97. The van der Waals surface area contributed by atoms with Crippen molar-refractivity contribution in [1.29, 1.82) is 0 Å². The van der Waals surface area contributed by atoms with Gasteiger partial charge in [0, 0.05) is 33.0 Å². The van der Waals surface area contributed by atoms with Gasteiger partial charge in [-0.25, -0.2) is 15.0 Å². The second-order valence-electron chi connectivity index (χ2n) is 14.0. The number of nitrogens with zero attached hydrogens (tertiary/aromatic N) is 3. The van der Waals surface area contributed by atoms with Gasteiger partial charge < -0.3 is 4.42 Å². The van der Waals surface area contributed by atoms with Crippen LogP contribution in [-0.4, -0.2) is 15.0 Å². The Labute approximate surface area is 317 Å². The molecule has 0 amide bonds. The molecule has 0 atom stereocenters. The Morgan fingerprint density at radius 3 is 1.33 bits per heavy atom. The fourth-order valence-corrected chi connectivity index (χ4v) is 8.02. The summed E-state index contributed by atoms with van der Waals surface area (Å²) in [5, 5.41) is 9.85. The fourth-order valence-electron chi connectivity index (χ4n) is 8.02. The number of rotatable bonds is 5. The number of para-hydroxylation sites is 2. The average Bonchev–Trinajstić information content (AvgIpc) is 3.66. The quantitative estimate of drug-likeness (QED) is 0.168. The van der Waals surface area contributed by atoms with Gasteiger partial charge in [-0.05, 0) is 61.1 Å². The average molecular weight is 702 g/mol. The minimum Gasteiger partial charge on any atom is -0.455 e. The number of hydrogen-bond acceptors (Lipinski definition) is 4. The molecule has 2 heterocycles. The molecule has 9 aromatic carbocycles. The highest BCUT2D eigenvalue weighted by Crippen LogP contribution is 2.39. The van der Waals surface area contributed by atoms with Crippen molar-refractivity contribution in [3.63, 3.8) is 0 Å². The molecule has 0 fully saturated rings. The molecule has 0 aliphatic rings. The molecule has 0 aliphatic carbocycles. The first-order valence-electron chi connectivity index (χ1n) is 18.5. The van der Waals surface area contributed by atoms with Gasteiger partial charge >= 0.3 is 0 Å². The highest BCUT2D eigenvalue weighted by molar-refractivity contribution is 6.25. The van der Waals surface area contributed by atoms with E-state index in [1.165, 1.54) is 37.9 Å². The van der Waals surface area contributed by atoms with E-state index in [-0.39, 0.29) is 0 Å². The van der Waals surface area contributed by atoms with Gasteiger partial charge in [0.05, 0.1) is 0 Å². The number of benzene rings is 9. The fraction of sp³-hybridized carbons (Fsp3) is 0. The molecule has 0 saturated heterocycles. The van der Waals surface area contributed by atoms with Crippen LogP contribution in [0, 0.1) is 0 Å². The van der Waals surface area contributed by atoms with Crippen LogP contribution < -0.4 is 0 Å². The van der Waals surface area contributed by atoms with Crippen molar-refractivity contribution in [2.75, 3.05) is 0 Å². The molecule has 0 spiro atoms. The summed E-state index contributed by atoms with van der Waals surface area (Å²) in [6.07, 6.45) is 0. The van der Waals surface area contributed by atoms with Gasteiger partial charge in [0.25, 0.3) is 0 Å². The normalized spacial score (nSPS) is 11.6. The van der Waals surface area contributed by atoms with E-state index in [0.717, 1.165) is 55.3 Å². The van der Waals surface area contributed by atoms with Crippen LogP contribution >= 0.6 is 0 Å². The van der Waals surface area contributed by atoms with E-state index in [9.17, 15) is 0 Å². The molecular weight excluding hydrogens is 671 g/mol. The van der Waals surface area contributed by atoms with E-state index >= 15 is 0 Å². The van der Waals surface area contributed by atoms with Crippen LogP contribution in [0.15, 0.2) is 192 Å². The first kappa shape index (κ1) is 31.1. The summed E-state index contributed by atoms with van der Waals surface area (Å²) in [6.45, 7) is 0. The number of fused-ring (bicyclic) bond motifs is 9. The first-order valence-corrected chi connectivity index (χ1v) is 18.5. The van der Waals surface area contributed by atoms with Gasteiger partial charge in [0.1, 0.15) is 11.2 Å². The van der Waals surface area contributed by atoms with Crippen LogP contribution in [0.1, 0.15) is 0 Å². The number of furan rings is 1. The van der Waals surface area contributed by atoms with Gasteiger partial charge in [-0.3, -0.25) is 0 Å². The lowest BCUT2D eigenvalue weighted by atomic mass is 9.92. The monoisotopic (exact) mass is 701 g/mol. The second-order valence-corrected chi connectivity index (χ2v) is 14.0. The zero-order chi connectivity index (χ0) is 36.3.